The number of hydrogen-bond acceptors (Lipinski definition) is 5. The number of fused-ring (bicyclic) bond motifs is 1. The first-order valence-corrected chi connectivity index (χ1v) is 7.88. The SMILES string of the molecule is c1cncc(-c2ncnc3c2CCN(Cc2ccco2)CC3)c1. The molecule has 3 aromatic rings. The summed E-state index contributed by atoms with van der Waals surface area (Å²) >= 11 is 0. The first kappa shape index (κ1) is 14.1. The van der Waals surface area contributed by atoms with Crippen LogP contribution in [0.5, 0.6) is 0 Å². The minimum absolute atomic E-state index is 0.844. The van der Waals surface area contributed by atoms with Crippen molar-refractivity contribution in [1.82, 2.24) is 19.9 Å². The molecule has 0 aromatic carbocycles. The lowest BCUT2D eigenvalue weighted by Gasteiger charge is -2.17. The molecule has 0 atom stereocenters. The van der Waals surface area contributed by atoms with E-state index >= 15 is 0 Å². The van der Waals surface area contributed by atoms with Gasteiger partial charge in [0.25, 0.3) is 0 Å². The maximum Gasteiger partial charge on any atom is 0.117 e. The molecule has 0 spiro atoms. The Labute approximate surface area is 135 Å². The Bertz CT molecular complexity index is 771. The lowest BCUT2D eigenvalue weighted by molar-refractivity contribution is 0.255. The first-order chi connectivity index (χ1) is 11.4. The van der Waals surface area contributed by atoms with Gasteiger partial charge in [0.15, 0.2) is 0 Å². The molecule has 116 valence electrons. The molecule has 0 unspecified atom stereocenters. The average Bonchev–Trinajstić information content (AvgIpc) is 3.02. The van der Waals surface area contributed by atoms with Gasteiger partial charge in [0.1, 0.15) is 12.1 Å². The molecule has 0 amide bonds. The standard InChI is InChI=1S/C18H18N4O/c1-3-14(11-19-7-1)18-16-5-8-22(12-15-4-2-10-23-15)9-6-17(16)20-13-21-18/h1-4,7,10-11,13H,5-6,8-9,12H2. The Morgan fingerprint density at radius 3 is 2.87 bits per heavy atom. The van der Waals surface area contributed by atoms with E-state index in [1.807, 2.05) is 24.4 Å². The van der Waals surface area contributed by atoms with E-state index in [-0.39, 0.29) is 0 Å². The zero-order valence-electron chi connectivity index (χ0n) is 12.9. The third-order valence-electron chi connectivity index (χ3n) is 4.27. The fourth-order valence-corrected chi connectivity index (χ4v) is 3.11. The highest BCUT2D eigenvalue weighted by molar-refractivity contribution is 5.62. The van der Waals surface area contributed by atoms with Gasteiger partial charge in [0, 0.05) is 48.7 Å². The van der Waals surface area contributed by atoms with E-state index < -0.39 is 0 Å². The van der Waals surface area contributed by atoms with Crippen LogP contribution >= 0.6 is 0 Å². The molecular formula is C18H18N4O. The van der Waals surface area contributed by atoms with Gasteiger partial charge in [-0.05, 0) is 30.7 Å². The Morgan fingerprint density at radius 1 is 1.09 bits per heavy atom. The van der Waals surface area contributed by atoms with E-state index in [1.165, 1.54) is 5.56 Å². The van der Waals surface area contributed by atoms with Gasteiger partial charge in [-0.2, -0.15) is 0 Å². The summed E-state index contributed by atoms with van der Waals surface area (Å²) in [7, 11) is 0. The minimum Gasteiger partial charge on any atom is -0.468 e. The van der Waals surface area contributed by atoms with Crippen LogP contribution < -0.4 is 0 Å². The Balaban J connectivity index is 1.59. The number of rotatable bonds is 3. The van der Waals surface area contributed by atoms with Gasteiger partial charge in [-0.3, -0.25) is 9.88 Å². The van der Waals surface area contributed by atoms with Crippen molar-refractivity contribution in [3.8, 4) is 11.3 Å². The maximum atomic E-state index is 5.47. The predicted octanol–water partition coefficient (Wildman–Crippen LogP) is 2.73. The smallest absolute Gasteiger partial charge is 0.117 e. The van der Waals surface area contributed by atoms with Gasteiger partial charge in [-0.15, -0.1) is 0 Å². The largest absolute Gasteiger partial charge is 0.468 e. The van der Waals surface area contributed by atoms with Gasteiger partial charge in [-0.1, -0.05) is 0 Å². The van der Waals surface area contributed by atoms with Crippen molar-refractivity contribution in [1.29, 1.82) is 0 Å². The summed E-state index contributed by atoms with van der Waals surface area (Å²) in [6, 6.07) is 7.97. The van der Waals surface area contributed by atoms with E-state index in [2.05, 4.69) is 25.9 Å². The molecule has 23 heavy (non-hydrogen) atoms. The Kier molecular flexibility index (Phi) is 3.86. The molecule has 0 fully saturated rings. The van der Waals surface area contributed by atoms with Crippen molar-refractivity contribution in [2.24, 2.45) is 0 Å². The molecule has 0 saturated carbocycles. The highest BCUT2D eigenvalue weighted by Crippen LogP contribution is 2.25. The van der Waals surface area contributed by atoms with Gasteiger partial charge >= 0.3 is 0 Å². The lowest BCUT2D eigenvalue weighted by atomic mass is 10.0. The van der Waals surface area contributed by atoms with Crippen molar-refractivity contribution < 1.29 is 4.42 Å². The second kappa shape index (κ2) is 6.30. The number of hydrogen-bond donors (Lipinski definition) is 0. The van der Waals surface area contributed by atoms with E-state index in [0.717, 1.165) is 55.2 Å². The predicted molar refractivity (Wildman–Crippen MR) is 86.7 cm³/mol. The third kappa shape index (κ3) is 3.00. The summed E-state index contributed by atoms with van der Waals surface area (Å²) in [4.78, 5) is 15.7. The van der Waals surface area contributed by atoms with Crippen LogP contribution in [-0.4, -0.2) is 32.9 Å². The third-order valence-corrected chi connectivity index (χ3v) is 4.27. The summed E-state index contributed by atoms with van der Waals surface area (Å²) < 4.78 is 5.47. The monoisotopic (exact) mass is 306 g/mol. The molecule has 5 nitrogen and oxygen atoms in total. The van der Waals surface area contributed by atoms with Crippen molar-refractivity contribution in [3.05, 3.63) is 66.3 Å². The van der Waals surface area contributed by atoms with Gasteiger partial charge in [0.05, 0.1) is 18.5 Å². The highest BCUT2D eigenvalue weighted by atomic mass is 16.3. The molecule has 3 aromatic heterocycles. The zero-order valence-corrected chi connectivity index (χ0v) is 12.9. The van der Waals surface area contributed by atoms with Gasteiger partial charge in [0.2, 0.25) is 0 Å². The van der Waals surface area contributed by atoms with Crippen molar-refractivity contribution in [2.75, 3.05) is 13.1 Å². The zero-order chi connectivity index (χ0) is 15.5. The second-order valence-electron chi connectivity index (χ2n) is 5.74. The summed E-state index contributed by atoms with van der Waals surface area (Å²) in [6.45, 7) is 2.81. The molecule has 0 saturated heterocycles. The Morgan fingerprint density at radius 2 is 2.04 bits per heavy atom. The summed E-state index contributed by atoms with van der Waals surface area (Å²) in [5.74, 6) is 1.01. The average molecular weight is 306 g/mol. The van der Waals surface area contributed by atoms with E-state index in [9.17, 15) is 0 Å². The number of furan rings is 1. The summed E-state index contributed by atoms with van der Waals surface area (Å²) in [6.07, 6.45) is 8.94. The maximum absolute atomic E-state index is 5.47. The van der Waals surface area contributed by atoms with Crippen molar-refractivity contribution in [3.63, 3.8) is 0 Å². The Hall–Kier alpha value is -2.53. The van der Waals surface area contributed by atoms with Crippen LogP contribution in [0.25, 0.3) is 11.3 Å². The van der Waals surface area contributed by atoms with E-state index in [0.29, 0.717) is 0 Å². The quantitative estimate of drug-likeness (QED) is 0.744. The molecule has 0 bridgehead atoms. The minimum atomic E-state index is 0.844. The first-order valence-electron chi connectivity index (χ1n) is 7.88. The molecule has 0 aliphatic carbocycles. The molecule has 1 aliphatic heterocycles. The van der Waals surface area contributed by atoms with Crippen LogP contribution in [0, 0.1) is 0 Å². The van der Waals surface area contributed by atoms with E-state index in [4.69, 9.17) is 4.42 Å². The fourth-order valence-electron chi connectivity index (χ4n) is 3.11. The van der Waals surface area contributed by atoms with Gasteiger partial charge < -0.3 is 4.42 Å². The van der Waals surface area contributed by atoms with Crippen LogP contribution in [-0.2, 0) is 19.4 Å². The molecular weight excluding hydrogens is 288 g/mol. The van der Waals surface area contributed by atoms with Gasteiger partial charge in [-0.25, -0.2) is 9.97 Å². The molecule has 4 heterocycles. The van der Waals surface area contributed by atoms with Crippen LogP contribution in [0.3, 0.4) is 0 Å². The summed E-state index contributed by atoms with van der Waals surface area (Å²) in [5, 5.41) is 0. The number of nitrogens with zero attached hydrogens (tertiary/aromatic N) is 4. The van der Waals surface area contributed by atoms with Crippen molar-refractivity contribution in [2.45, 2.75) is 19.4 Å². The topological polar surface area (TPSA) is 55.1 Å². The molecule has 0 radical (unpaired) electrons. The molecule has 4 rings (SSSR count). The van der Waals surface area contributed by atoms with Crippen LogP contribution in [0.4, 0.5) is 0 Å². The number of pyridine rings is 1. The molecule has 1 aliphatic rings. The normalized spacial score (nSPS) is 15.1. The highest BCUT2D eigenvalue weighted by Gasteiger charge is 2.19. The second-order valence-corrected chi connectivity index (χ2v) is 5.74. The lowest BCUT2D eigenvalue weighted by Crippen LogP contribution is -2.25. The molecule has 0 N–H and O–H groups in total. The summed E-state index contributed by atoms with van der Waals surface area (Å²) in [5.41, 5.74) is 4.48. The van der Waals surface area contributed by atoms with Crippen LogP contribution in [0.1, 0.15) is 17.0 Å². The van der Waals surface area contributed by atoms with Crippen molar-refractivity contribution >= 4 is 0 Å². The fraction of sp³-hybridized carbons (Fsp3) is 0.278. The van der Waals surface area contributed by atoms with E-state index in [1.54, 1.807) is 18.8 Å². The van der Waals surface area contributed by atoms with Crippen LogP contribution in [0.2, 0.25) is 0 Å². The number of aromatic nitrogens is 3. The van der Waals surface area contributed by atoms with Crippen LogP contribution in [0.15, 0.2) is 53.7 Å². The molecule has 5 heteroatoms.